The Balaban J connectivity index is 1.58. The number of nitrogens with one attached hydrogen (secondary N) is 4. The van der Waals surface area contributed by atoms with Gasteiger partial charge in [0.25, 0.3) is 0 Å². The quantitative estimate of drug-likeness (QED) is 0.179. The highest BCUT2D eigenvalue weighted by atomic mass is 35.5. The molecule has 2 unspecified atom stereocenters. The molecule has 42 heavy (non-hydrogen) atoms. The SMILES string of the molecule is CC(C)CC(NC(C(=O)NCc1ccccc1)c1c(C(=O)O)[nH]c2cc(Cl)ccc12)C(=O)NCCCN1CCOCC1. The first kappa shape index (κ1) is 31.5. The maximum absolute atomic E-state index is 13.8. The van der Waals surface area contributed by atoms with Gasteiger partial charge in [-0.3, -0.25) is 19.8 Å². The van der Waals surface area contributed by atoms with Crippen LogP contribution in [0.4, 0.5) is 0 Å². The molecule has 2 aromatic carbocycles. The van der Waals surface area contributed by atoms with E-state index in [9.17, 15) is 19.5 Å². The predicted molar refractivity (Wildman–Crippen MR) is 163 cm³/mol. The van der Waals surface area contributed by atoms with Gasteiger partial charge < -0.3 is 25.5 Å². The average Bonchev–Trinajstić information content (AvgIpc) is 3.35. The van der Waals surface area contributed by atoms with Gasteiger partial charge in [-0.1, -0.05) is 61.8 Å². The largest absolute Gasteiger partial charge is 0.477 e. The number of carbonyl (C=O) groups is 3. The number of hydrogen-bond acceptors (Lipinski definition) is 6. The molecule has 0 bridgehead atoms. The molecule has 3 aromatic rings. The van der Waals surface area contributed by atoms with Crippen molar-refractivity contribution in [2.75, 3.05) is 39.4 Å². The van der Waals surface area contributed by atoms with Crippen molar-refractivity contribution in [2.45, 2.75) is 45.3 Å². The minimum atomic E-state index is -1.21. The highest BCUT2D eigenvalue weighted by molar-refractivity contribution is 6.31. The van der Waals surface area contributed by atoms with Crippen LogP contribution >= 0.6 is 11.6 Å². The summed E-state index contributed by atoms with van der Waals surface area (Å²) in [7, 11) is 0. The first-order valence-electron chi connectivity index (χ1n) is 14.4. The summed E-state index contributed by atoms with van der Waals surface area (Å²) in [6.45, 7) is 8.80. The Hall–Kier alpha value is -3.44. The molecule has 1 aliphatic heterocycles. The average molecular weight is 598 g/mol. The lowest BCUT2D eigenvalue weighted by Crippen LogP contribution is -2.50. The normalized spacial score (nSPS) is 15.4. The van der Waals surface area contributed by atoms with E-state index in [1.165, 1.54) is 0 Å². The van der Waals surface area contributed by atoms with Crippen molar-refractivity contribution in [2.24, 2.45) is 5.92 Å². The first-order chi connectivity index (χ1) is 20.2. The van der Waals surface area contributed by atoms with Gasteiger partial charge in [0, 0.05) is 47.7 Å². The van der Waals surface area contributed by atoms with Gasteiger partial charge in [-0.25, -0.2) is 4.79 Å². The van der Waals surface area contributed by atoms with Gasteiger partial charge in [0.2, 0.25) is 11.8 Å². The molecule has 1 fully saturated rings. The van der Waals surface area contributed by atoms with Crippen molar-refractivity contribution in [3.8, 4) is 0 Å². The third-order valence-electron chi connectivity index (χ3n) is 7.32. The Morgan fingerprint density at radius 3 is 2.48 bits per heavy atom. The number of fused-ring (bicyclic) bond motifs is 1. The lowest BCUT2D eigenvalue weighted by Gasteiger charge is -2.28. The summed E-state index contributed by atoms with van der Waals surface area (Å²) in [5, 5.41) is 20.3. The number of aromatic nitrogens is 1. The Kier molecular flexibility index (Phi) is 11.4. The molecule has 2 amide bonds. The number of hydrogen-bond donors (Lipinski definition) is 5. The topological polar surface area (TPSA) is 136 Å². The van der Waals surface area contributed by atoms with Crippen LogP contribution in [-0.4, -0.2) is 78.2 Å². The van der Waals surface area contributed by atoms with E-state index in [1.807, 2.05) is 44.2 Å². The van der Waals surface area contributed by atoms with Crippen LogP contribution in [0.3, 0.4) is 0 Å². The molecule has 0 aliphatic carbocycles. The molecule has 1 aliphatic rings. The van der Waals surface area contributed by atoms with Gasteiger partial charge in [-0.15, -0.1) is 0 Å². The standard InChI is InChI=1S/C31H40ClN5O5/c1-20(2)17-25(29(38)33-11-6-12-37-13-15-42-16-14-37)36-27(30(39)34-19-21-7-4-3-5-8-21)26-23-10-9-22(32)18-24(23)35-28(26)31(40)41/h3-5,7-10,18,20,25,27,35-36H,6,11-17,19H2,1-2H3,(H,33,38)(H,34,39)(H,40,41). The highest BCUT2D eigenvalue weighted by Gasteiger charge is 2.33. The monoisotopic (exact) mass is 597 g/mol. The molecule has 1 saturated heterocycles. The number of morpholine rings is 1. The fourth-order valence-corrected chi connectivity index (χ4v) is 5.39. The lowest BCUT2D eigenvalue weighted by atomic mass is 9.97. The van der Waals surface area contributed by atoms with Gasteiger partial charge in [-0.05, 0) is 43.0 Å². The van der Waals surface area contributed by atoms with E-state index >= 15 is 0 Å². The zero-order valence-corrected chi connectivity index (χ0v) is 24.9. The van der Waals surface area contributed by atoms with Crippen LogP contribution in [-0.2, 0) is 20.9 Å². The number of nitrogens with zero attached hydrogens (tertiary/aromatic N) is 1. The van der Waals surface area contributed by atoms with Crippen LogP contribution in [0.2, 0.25) is 5.02 Å². The van der Waals surface area contributed by atoms with Crippen molar-refractivity contribution in [3.05, 3.63) is 70.4 Å². The molecule has 226 valence electrons. The molecule has 2 atom stereocenters. The minimum Gasteiger partial charge on any atom is -0.477 e. The van der Waals surface area contributed by atoms with Crippen molar-refractivity contribution >= 4 is 40.3 Å². The molecule has 1 aromatic heterocycles. The maximum atomic E-state index is 13.8. The summed E-state index contributed by atoms with van der Waals surface area (Å²) in [5.74, 6) is -1.75. The van der Waals surface area contributed by atoms with E-state index in [4.69, 9.17) is 16.3 Å². The fraction of sp³-hybridized carbons (Fsp3) is 0.452. The van der Waals surface area contributed by atoms with Crippen LogP contribution in [0.1, 0.15) is 54.3 Å². The second-order valence-corrected chi connectivity index (χ2v) is 11.4. The molecule has 10 nitrogen and oxygen atoms in total. The summed E-state index contributed by atoms with van der Waals surface area (Å²) in [5.41, 5.74) is 1.51. The lowest BCUT2D eigenvalue weighted by molar-refractivity contribution is -0.126. The second-order valence-electron chi connectivity index (χ2n) is 11.0. The van der Waals surface area contributed by atoms with Crippen molar-refractivity contribution in [1.82, 2.24) is 25.8 Å². The van der Waals surface area contributed by atoms with Crippen LogP contribution in [0, 0.1) is 5.92 Å². The number of ether oxygens (including phenoxy) is 1. The van der Waals surface area contributed by atoms with E-state index in [0.717, 1.165) is 44.8 Å². The highest BCUT2D eigenvalue weighted by Crippen LogP contribution is 2.31. The Bertz CT molecular complexity index is 1360. The van der Waals surface area contributed by atoms with Gasteiger partial charge in [0.1, 0.15) is 11.7 Å². The van der Waals surface area contributed by atoms with Crippen LogP contribution in [0.15, 0.2) is 48.5 Å². The Morgan fingerprint density at radius 1 is 1.05 bits per heavy atom. The van der Waals surface area contributed by atoms with E-state index < -0.39 is 24.0 Å². The number of benzene rings is 2. The Morgan fingerprint density at radius 2 is 1.79 bits per heavy atom. The zero-order valence-electron chi connectivity index (χ0n) is 24.1. The number of aromatic amines is 1. The van der Waals surface area contributed by atoms with Crippen LogP contribution in [0.25, 0.3) is 10.9 Å². The summed E-state index contributed by atoms with van der Waals surface area (Å²) in [6.07, 6.45) is 1.24. The van der Waals surface area contributed by atoms with Crippen LogP contribution < -0.4 is 16.0 Å². The van der Waals surface area contributed by atoms with Gasteiger partial charge >= 0.3 is 5.97 Å². The third-order valence-corrected chi connectivity index (χ3v) is 7.56. The number of carboxylic acid groups (broad SMARTS) is 1. The van der Waals surface area contributed by atoms with E-state index in [-0.39, 0.29) is 29.6 Å². The summed E-state index contributed by atoms with van der Waals surface area (Å²) in [6, 6.07) is 12.5. The first-order valence-corrected chi connectivity index (χ1v) is 14.8. The number of rotatable bonds is 14. The zero-order chi connectivity index (χ0) is 30.1. The molecule has 0 radical (unpaired) electrons. The maximum Gasteiger partial charge on any atom is 0.352 e. The number of aromatic carboxylic acids is 1. The van der Waals surface area contributed by atoms with Gasteiger partial charge in [-0.2, -0.15) is 0 Å². The smallest absolute Gasteiger partial charge is 0.352 e. The van der Waals surface area contributed by atoms with Crippen molar-refractivity contribution in [3.63, 3.8) is 0 Å². The molecule has 2 heterocycles. The van der Waals surface area contributed by atoms with E-state index in [1.54, 1.807) is 18.2 Å². The molecular weight excluding hydrogens is 558 g/mol. The minimum absolute atomic E-state index is 0.131. The Labute approximate surface area is 251 Å². The van der Waals surface area contributed by atoms with E-state index in [2.05, 4.69) is 25.8 Å². The molecular formula is C31H40ClN5O5. The van der Waals surface area contributed by atoms with Gasteiger partial charge in [0.05, 0.1) is 19.3 Å². The fourth-order valence-electron chi connectivity index (χ4n) is 5.22. The summed E-state index contributed by atoms with van der Waals surface area (Å²) >= 11 is 6.19. The molecule has 11 heteroatoms. The number of H-pyrrole nitrogens is 1. The molecule has 0 spiro atoms. The molecule has 4 rings (SSSR count). The van der Waals surface area contributed by atoms with Crippen molar-refractivity contribution in [1.29, 1.82) is 0 Å². The molecule has 0 saturated carbocycles. The van der Waals surface area contributed by atoms with Crippen molar-refractivity contribution < 1.29 is 24.2 Å². The summed E-state index contributed by atoms with van der Waals surface area (Å²) < 4.78 is 5.40. The number of carbonyl (C=O) groups excluding carboxylic acids is 2. The third kappa shape index (κ3) is 8.54. The molecule has 5 N–H and O–H groups in total. The van der Waals surface area contributed by atoms with E-state index in [0.29, 0.717) is 28.9 Å². The predicted octanol–water partition coefficient (Wildman–Crippen LogP) is 3.72. The number of carboxylic acids is 1. The van der Waals surface area contributed by atoms with Gasteiger partial charge in [0.15, 0.2) is 0 Å². The number of amides is 2. The number of halogens is 1. The summed E-state index contributed by atoms with van der Waals surface area (Å²) in [4.78, 5) is 44.9. The van der Waals surface area contributed by atoms with Crippen LogP contribution in [0.5, 0.6) is 0 Å². The second kappa shape index (κ2) is 15.2.